The number of nitrogens with zero attached hydrogens (tertiary/aromatic N) is 1. The topological polar surface area (TPSA) is 52.0 Å². The first-order chi connectivity index (χ1) is 10.1. The first-order valence-corrected chi connectivity index (χ1v) is 7.04. The highest BCUT2D eigenvalue weighted by atomic mass is 35.5. The summed E-state index contributed by atoms with van der Waals surface area (Å²) in [5, 5.41) is 4.79. The number of hydrogen-bond acceptors (Lipinski definition) is 3. The Balaban J connectivity index is 2.31. The van der Waals surface area contributed by atoms with E-state index >= 15 is 0 Å². The van der Waals surface area contributed by atoms with Gasteiger partial charge in [-0.05, 0) is 31.0 Å². The predicted molar refractivity (Wildman–Crippen MR) is 86.3 cm³/mol. The van der Waals surface area contributed by atoms with Gasteiger partial charge in [-0.25, -0.2) is 0 Å². The zero-order valence-corrected chi connectivity index (χ0v) is 12.6. The molecule has 4 heteroatoms. The van der Waals surface area contributed by atoms with Crippen molar-refractivity contribution in [2.75, 3.05) is 5.73 Å². The fourth-order valence-electron chi connectivity index (χ4n) is 2.59. The van der Waals surface area contributed by atoms with Crippen molar-refractivity contribution in [3.8, 4) is 22.4 Å². The highest BCUT2D eigenvalue weighted by molar-refractivity contribution is 6.33. The van der Waals surface area contributed by atoms with E-state index in [2.05, 4.69) is 5.16 Å². The first-order valence-electron chi connectivity index (χ1n) is 6.66. The van der Waals surface area contributed by atoms with Crippen LogP contribution in [0.1, 0.15) is 11.1 Å². The van der Waals surface area contributed by atoms with Gasteiger partial charge < -0.3 is 10.3 Å². The van der Waals surface area contributed by atoms with Crippen molar-refractivity contribution in [3.05, 3.63) is 58.6 Å². The summed E-state index contributed by atoms with van der Waals surface area (Å²) in [5.41, 5.74) is 11.6. The number of aromatic nitrogens is 1. The van der Waals surface area contributed by atoms with Gasteiger partial charge in [-0.2, -0.15) is 0 Å². The monoisotopic (exact) mass is 298 g/mol. The molecular formula is C17H15ClN2O. The van der Waals surface area contributed by atoms with E-state index in [0.717, 1.165) is 33.5 Å². The number of aryl methyl sites for hydroxylation is 2. The molecule has 106 valence electrons. The molecule has 3 nitrogen and oxygen atoms in total. The third-order valence-corrected chi connectivity index (χ3v) is 3.91. The Bertz CT molecular complexity index is 788. The molecule has 0 aliphatic rings. The van der Waals surface area contributed by atoms with Crippen molar-refractivity contribution in [2.24, 2.45) is 0 Å². The SMILES string of the molecule is Cc1cccc(C)c1-c1noc(N)c1-c1ccccc1Cl. The molecule has 0 bridgehead atoms. The predicted octanol–water partition coefficient (Wildman–Crippen LogP) is 4.86. The van der Waals surface area contributed by atoms with Crippen LogP contribution >= 0.6 is 11.6 Å². The van der Waals surface area contributed by atoms with Crippen molar-refractivity contribution in [3.63, 3.8) is 0 Å². The minimum absolute atomic E-state index is 0.278. The zero-order chi connectivity index (χ0) is 15.0. The molecule has 0 spiro atoms. The standard InChI is InChI=1S/C17H15ClN2O/c1-10-6-5-7-11(2)14(10)16-15(17(19)21-20-16)12-8-3-4-9-13(12)18/h3-9H,19H2,1-2H3. The van der Waals surface area contributed by atoms with E-state index in [9.17, 15) is 0 Å². The summed E-state index contributed by atoms with van der Waals surface area (Å²) in [7, 11) is 0. The molecule has 1 aromatic heterocycles. The van der Waals surface area contributed by atoms with Gasteiger partial charge >= 0.3 is 0 Å². The van der Waals surface area contributed by atoms with Gasteiger partial charge in [0.05, 0.1) is 5.56 Å². The van der Waals surface area contributed by atoms with E-state index in [-0.39, 0.29) is 5.88 Å². The lowest BCUT2D eigenvalue weighted by Gasteiger charge is -2.09. The fraction of sp³-hybridized carbons (Fsp3) is 0.118. The third-order valence-electron chi connectivity index (χ3n) is 3.58. The van der Waals surface area contributed by atoms with Gasteiger partial charge in [0.15, 0.2) is 0 Å². The Morgan fingerprint density at radius 1 is 0.952 bits per heavy atom. The lowest BCUT2D eigenvalue weighted by Crippen LogP contribution is -1.92. The number of hydrogen-bond donors (Lipinski definition) is 1. The lowest BCUT2D eigenvalue weighted by atomic mass is 9.94. The maximum absolute atomic E-state index is 6.30. The summed E-state index contributed by atoms with van der Waals surface area (Å²) >= 11 is 6.30. The molecule has 0 saturated carbocycles. The van der Waals surface area contributed by atoms with E-state index in [4.69, 9.17) is 21.9 Å². The van der Waals surface area contributed by atoms with Gasteiger partial charge in [-0.15, -0.1) is 0 Å². The number of halogens is 1. The minimum Gasteiger partial charge on any atom is -0.367 e. The Hall–Kier alpha value is -2.26. The van der Waals surface area contributed by atoms with E-state index < -0.39 is 0 Å². The summed E-state index contributed by atoms with van der Waals surface area (Å²) in [6.45, 7) is 4.09. The second-order valence-electron chi connectivity index (χ2n) is 5.02. The van der Waals surface area contributed by atoms with Gasteiger partial charge in [0.1, 0.15) is 5.69 Å². The van der Waals surface area contributed by atoms with Crippen LogP contribution in [-0.4, -0.2) is 5.16 Å². The molecule has 0 aliphatic carbocycles. The Labute approximate surface area is 128 Å². The summed E-state index contributed by atoms with van der Waals surface area (Å²) in [5.74, 6) is 0.278. The molecule has 1 heterocycles. The van der Waals surface area contributed by atoms with Gasteiger partial charge in [0.25, 0.3) is 0 Å². The van der Waals surface area contributed by atoms with Gasteiger partial charge in [-0.1, -0.05) is 53.2 Å². The number of nitrogen functional groups attached to an aromatic ring is 1. The van der Waals surface area contributed by atoms with Crippen molar-refractivity contribution in [1.29, 1.82) is 0 Å². The highest BCUT2D eigenvalue weighted by Crippen LogP contribution is 2.41. The van der Waals surface area contributed by atoms with Gasteiger partial charge in [0.2, 0.25) is 5.88 Å². The van der Waals surface area contributed by atoms with Crippen LogP contribution in [0.2, 0.25) is 5.02 Å². The average Bonchev–Trinajstić information content (AvgIpc) is 2.81. The Morgan fingerprint density at radius 3 is 2.29 bits per heavy atom. The fourth-order valence-corrected chi connectivity index (χ4v) is 2.82. The van der Waals surface area contributed by atoms with E-state index in [1.54, 1.807) is 0 Å². The second kappa shape index (κ2) is 5.26. The van der Waals surface area contributed by atoms with Crippen LogP contribution in [0.15, 0.2) is 47.0 Å². The molecule has 0 saturated heterocycles. The molecule has 3 rings (SSSR count). The van der Waals surface area contributed by atoms with Crippen molar-refractivity contribution >= 4 is 17.5 Å². The summed E-state index contributed by atoms with van der Waals surface area (Å²) < 4.78 is 5.24. The van der Waals surface area contributed by atoms with Crippen LogP contribution in [0.5, 0.6) is 0 Å². The number of rotatable bonds is 2. The van der Waals surface area contributed by atoms with E-state index in [1.807, 2.05) is 56.3 Å². The van der Waals surface area contributed by atoms with Crippen LogP contribution in [0.25, 0.3) is 22.4 Å². The second-order valence-corrected chi connectivity index (χ2v) is 5.42. The van der Waals surface area contributed by atoms with Crippen molar-refractivity contribution in [1.82, 2.24) is 5.16 Å². The van der Waals surface area contributed by atoms with Crippen LogP contribution in [0, 0.1) is 13.8 Å². The first kappa shape index (κ1) is 13.7. The molecule has 0 amide bonds. The average molecular weight is 299 g/mol. The molecule has 2 aromatic carbocycles. The van der Waals surface area contributed by atoms with Crippen LogP contribution in [-0.2, 0) is 0 Å². The Morgan fingerprint density at radius 2 is 1.62 bits per heavy atom. The zero-order valence-electron chi connectivity index (χ0n) is 11.9. The summed E-state index contributed by atoms with van der Waals surface area (Å²) in [4.78, 5) is 0. The summed E-state index contributed by atoms with van der Waals surface area (Å²) in [6, 6.07) is 13.7. The molecule has 0 aliphatic heterocycles. The number of benzene rings is 2. The molecular weight excluding hydrogens is 284 g/mol. The highest BCUT2D eigenvalue weighted by Gasteiger charge is 2.21. The van der Waals surface area contributed by atoms with Gasteiger partial charge in [-0.3, -0.25) is 0 Å². The van der Waals surface area contributed by atoms with Crippen LogP contribution < -0.4 is 5.73 Å². The lowest BCUT2D eigenvalue weighted by molar-refractivity contribution is 0.439. The largest absolute Gasteiger partial charge is 0.367 e. The third kappa shape index (κ3) is 2.30. The molecule has 0 fully saturated rings. The maximum Gasteiger partial charge on any atom is 0.230 e. The smallest absolute Gasteiger partial charge is 0.230 e. The number of nitrogens with two attached hydrogens (primary N) is 1. The Kier molecular flexibility index (Phi) is 3.43. The quantitative estimate of drug-likeness (QED) is 0.735. The molecule has 0 atom stereocenters. The molecule has 2 N–H and O–H groups in total. The van der Waals surface area contributed by atoms with Crippen LogP contribution in [0.4, 0.5) is 5.88 Å². The minimum atomic E-state index is 0.278. The maximum atomic E-state index is 6.30. The van der Waals surface area contributed by atoms with Crippen molar-refractivity contribution in [2.45, 2.75) is 13.8 Å². The van der Waals surface area contributed by atoms with Gasteiger partial charge in [0, 0.05) is 16.1 Å². The summed E-state index contributed by atoms with van der Waals surface area (Å²) in [6.07, 6.45) is 0. The molecule has 0 unspecified atom stereocenters. The normalized spacial score (nSPS) is 10.8. The molecule has 0 radical (unpaired) electrons. The van der Waals surface area contributed by atoms with E-state index in [0.29, 0.717) is 5.02 Å². The van der Waals surface area contributed by atoms with Crippen LogP contribution in [0.3, 0.4) is 0 Å². The molecule has 21 heavy (non-hydrogen) atoms. The molecule has 3 aromatic rings. The number of anilines is 1. The van der Waals surface area contributed by atoms with E-state index in [1.165, 1.54) is 0 Å². The van der Waals surface area contributed by atoms with Crippen molar-refractivity contribution < 1.29 is 4.52 Å².